The Morgan fingerprint density at radius 3 is 1.06 bits per heavy atom. The highest BCUT2D eigenvalue weighted by molar-refractivity contribution is 6.17. The molecule has 0 atom stereocenters. The minimum atomic E-state index is -1.19. The van der Waals surface area contributed by atoms with E-state index in [1.54, 1.807) is 65.8 Å². The highest BCUT2D eigenvalue weighted by Gasteiger charge is 2.27. The van der Waals surface area contributed by atoms with Crippen LogP contribution in [0.25, 0.3) is 0 Å². The molecule has 0 unspecified atom stereocenters. The van der Waals surface area contributed by atoms with Gasteiger partial charge in [0, 0.05) is 11.1 Å². The molecule has 0 aliphatic carbocycles. The maximum atomic E-state index is 13.7. The van der Waals surface area contributed by atoms with Crippen LogP contribution in [0, 0.1) is 0 Å². The van der Waals surface area contributed by atoms with Crippen LogP contribution in [0.5, 0.6) is 11.5 Å². The Hall–Kier alpha value is -6.70. The minimum absolute atomic E-state index is 0.0237. The number of carbonyl (C=O) groups is 6. The Kier molecular flexibility index (Phi) is 13.1. The average molecular weight is 743 g/mol. The van der Waals surface area contributed by atoms with Crippen molar-refractivity contribution in [2.24, 2.45) is 0 Å². The Morgan fingerprint density at radius 2 is 0.722 bits per heavy atom. The van der Waals surface area contributed by atoms with E-state index in [4.69, 9.17) is 38.2 Å². The summed E-state index contributed by atoms with van der Waals surface area (Å²) in [6.45, 7) is 8.87. The minimum Gasteiger partial charge on any atom is -0.456 e. The summed E-state index contributed by atoms with van der Waals surface area (Å²) >= 11 is 0. The van der Waals surface area contributed by atoms with Crippen molar-refractivity contribution in [3.63, 3.8) is 0 Å². The van der Waals surface area contributed by atoms with Crippen molar-refractivity contribution in [1.82, 2.24) is 0 Å². The zero-order valence-corrected chi connectivity index (χ0v) is 30.4. The summed E-state index contributed by atoms with van der Waals surface area (Å²) in [5.41, 5.74) is -2.27. The summed E-state index contributed by atoms with van der Waals surface area (Å²) in [4.78, 5) is 87.3. The van der Waals surface area contributed by atoms with Crippen LogP contribution in [0.15, 0.2) is 97.1 Å². The molecule has 4 rings (SSSR count). The molecule has 4 aromatic rings. The predicted molar refractivity (Wildman–Crippen MR) is 189 cm³/mol. The molecule has 0 aromatic heterocycles. The summed E-state index contributed by atoms with van der Waals surface area (Å²) in [5.74, 6) is -3.60. The lowest BCUT2D eigenvalue weighted by Crippen LogP contribution is -2.25. The first-order valence-corrected chi connectivity index (χ1v) is 16.4. The van der Waals surface area contributed by atoms with Crippen molar-refractivity contribution in [1.29, 1.82) is 0 Å². The molecule has 14 heteroatoms. The zero-order valence-electron chi connectivity index (χ0n) is 30.4. The highest BCUT2D eigenvalue weighted by Crippen LogP contribution is 2.26. The first kappa shape index (κ1) is 40.1. The SMILES string of the molecule is CC(C)(C)OC(=O)OCOc1ccccc1C(=O)c1ccccc1C(=O)OOC(=O)c1ccccc1C(=O)c1ccccc1OCOC(=O)OC(C)(C)C. The molecule has 0 saturated heterocycles. The van der Waals surface area contributed by atoms with E-state index in [0.29, 0.717) is 0 Å². The van der Waals surface area contributed by atoms with Gasteiger partial charge < -0.3 is 28.4 Å². The molecule has 0 aliphatic rings. The smallest absolute Gasteiger partial charge is 0.456 e. The Balaban J connectivity index is 1.45. The van der Waals surface area contributed by atoms with Gasteiger partial charge in [-0.15, -0.1) is 0 Å². The van der Waals surface area contributed by atoms with Gasteiger partial charge in [0.15, 0.2) is 11.6 Å². The van der Waals surface area contributed by atoms with E-state index >= 15 is 0 Å². The second-order valence-electron chi connectivity index (χ2n) is 13.2. The molecular formula is C40H38O14. The van der Waals surface area contributed by atoms with Gasteiger partial charge in [-0.25, -0.2) is 29.0 Å². The number of ketones is 2. The first-order valence-electron chi connectivity index (χ1n) is 16.4. The number of para-hydroxylation sites is 2. The van der Waals surface area contributed by atoms with E-state index in [1.807, 2.05) is 0 Å². The van der Waals surface area contributed by atoms with Crippen molar-refractivity contribution >= 4 is 35.8 Å². The Labute approximate surface area is 310 Å². The van der Waals surface area contributed by atoms with Gasteiger partial charge in [0.05, 0.1) is 22.3 Å². The standard InChI is InChI=1S/C40H38O14/c1-39(2,3)51-37(45)49-23-47-31-21-13-11-19-29(31)33(41)25-15-7-9-17-27(25)35(43)53-54-36(44)28-18-10-8-16-26(28)34(42)30-20-12-14-22-32(30)48-24-50-38(46)52-40(4,5)6/h7-22H,23-24H2,1-6H3. The molecule has 4 aromatic carbocycles. The molecule has 282 valence electrons. The quantitative estimate of drug-likeness (QED) is 0.0454. The van der Waals surface area contributed by atoms with Gasteiger partial charge in [0.2, 0.25) is 13.6 Å². The van der Waals surface area contributed by atoms with Gasteiger partial charge in [-0.3, -0.25) is 9.59 Å². The lowest BCUT2D eigenvalue weighted by Gasteiger charge is -2.19. The number of rotatable bonds is 12. The summed E-state index contributed by atoms with van der Waals surface area (Å²) in [7, 11) is 0. The maximum absolute atomic E-state index is 13.7. The average Bonchev–Trinajstić information content (AvgIpc) is 3.12. The van der Waals surface area contributed by atoms with Gasteiger partial charge in [-0.1, -0.05) is 60.7 Å². The van der Waals surface area contributed by atoms with Crippen LogP contribution in [-0.2, 0) is 28.7 Å². The van der Waals surface area contributed by atoms with E-state index < -0.39 is 60.6 Å². The van der Waals surface area contributed by atoms with Crippen molar-refractivity contribution < 1.29 is 67.0 Å². The third-order valence-corrected chi connectivity index (χ3v) is 6.80. The van der Waals surface area contributed by atoms with E-state index in [2.05, 4.69) is 0 Å². The number of hydrogen-bond donors (Lipinski definition) is 0. The second kappa shape index (κ2) is 17.7. The summed E-state index contributed by atoms with van der Waals surface area (Å²) < 4.78 is 31.1. The molecule has 0 spiro atoms. The van der Waals surface area contributed by atoms with Gasteiger partial charge in [-0.2, -0.15) is 0 Å². The van der Waals surface area contributed by atoms with E-state index in [0.717, 1.165) is 0 Å². The fourth-order valence-corrected chi connectivity index (χ4v) is 4.58. The number of benzene rings is 4. The van der Waals surface area contributed by atoms with Crippen molar-refractivity contribution in [2.45, 2.75) is 52.7 Å². The van der Waals surface area contributed by atoms with E-state index in [9.17, 15) is 28.8 Å². The van der Waals surface area contributed by atoms with Crippen molar-refractivity contribution in [2.75, 3.05) is 13.6 Å². The van der Waals surface area contributed by atoms with Gasteiger partial charge in [-0.05, 0) is 77.9 Å². The maximum Gasteiger partial charge on any atom is 0.511 e. The molecular weight excluding hydrogens is 704 g/mol. The third kappa shape index (κ3) is 11.4. The monoisotopic (exact) mass is 742 g/mol. The summed E-state index contributed by atoms with van der Waals surface area (Å²) in [5, 5.41) is 0. The third-order valence-electron chi connectivity index (χ3n) is 6.80. The van der Waals surface area contributed by atoms with Gasteiger partial charge >= 0.3 is 24.2 Å². The fraction of sp³-hybridized carbons (Fsp3) is 0.250. The van der Waals surface area contributed by atoms with Crippen LogP contribution >= 0.6 is 0 Å². The van der Waals surface area contributed by atoms with Crippen LogP contribution in [0.4, 0.5) is 9.59 Å². The number of carbonyl (C=O) groups excluding carboxylic acids is 6. The lowest BCUT2D eigenvalue weighted by molar-refractivity contribution is -0.187. The van der Waals surface area contributed by atoms with Crippen LogP contribution in [-0.4, -0.2) is 60.6 Å². The highest BCUT2D eigenvalue weighted by atomic mass is 17.2. The molecule has 0 N–H and O–H groups in total. The molecule has 14 nitrogen and oxygen atoms in total. The summed E-state index contributed by atoms with van der Waals surface area (Å²) in [6.07, 6.45) is -1.94. The van der Waals surface area contributed by atoms with Crippen LogP contribution in [0.3, 0.4) is 0 Å². The second-order valence-corrected chi connectivity index (χ2v) is 13.2. The predicted octanol–water partition coefficient (Wildman–Crippen LogP) is 7.65. The van der Waals surface area contributed by atoms with Crippen molar-refractivity contribution in [3.05, 3.63) is 130 Å². The molecule has 0 fully saturated rings. The van der Waals surface area contributed by atoms with E-state index in [1.165, 1.54) is 72.8 Å². The fourth-order valence-electron chi connectivity index (χ4n) is 4.58. The largest absolute Gasteiger partial charge is 0.511 e. The number of ether oxygens (including phenoxy) is 6. The molecule has 0 heterocycles. The van der Waals surface area contributed by atoms with Crippen LogP contribution < -0.4 is 9.47 Å². The number of hydrogen-bond acceptors (Lipinski definition) is 14. The lowest BCUT2D eigenvalue weighted by atomic mass is 9.97. The Bertz CT molecular complexity index is 1870. The molecule has 0 radical (unpaired) electrons. The molecule has 0 aliphatic heterocycles. The Morgan fingerprint density at radius 1 is 0.426 bits per heavy atom. The van der Waals surface area contributed by atoms with Gasteiger partial charge in [0.25, 0.3) is 0 Å². The van der Waals surface area contributed by atoms with Crippen LogP contribution in [0.2, 0.25) is 0 Å². The molecule has 0 saturated carbocycles. The van der Waals surface area contributed by atoms with Gasteiger partial charge in [0.1, 0.15) is 22.7 Å². The topological polar surface area (TPSA) is 176 Å². The normalized spacial score (nSPS) is 11.0. The zero-order chi connectivity index (χ0) is 39.5. The molecule has 0 bridgehead atoms. The van der Waals surface area contributed by atoms with Crippen molar-refractivity contribution in [3.8, 4) is 11.5 Å². The molecule has 54 heavy (non-hydrogen) atoms. The van der Waals surface area contributed by atoms with Crippen LogP contribution in [0.1, 0.15) is 94.1 Å². The summed E-state index contributed by atoms with van der Waals surface area (Å²) in [6, 6.07) is 23.4. The first-order chi connectivity index (χ1) is 25.5. The van der Waals surface area contributed by atoms with E-state index in [-0.39, 0.29) is 44.9 Å². The molecule has 0 amide bonds.